The fourth-order valence-electron chi connectivity index (χ4n) is 2.58. The summed E-state index contributed by atoms with van der Waals surface area (Å²) in [5.41, 5.74) is -0.611. The molecule has 0 aromatic rings. The third-order valence-corrected chi connectivity index (χ3v) is 4.09. The summed E-state index contributed by atoms with van der Waals surface area (Å²) in [5.74, 6) is 0.959. The van der Waals surface area contributed by atoms with Crippen LogP contribution in [0, 0.1) is 5.92 Å². The number of aliphatic hydroxyl groups is 1. The first-order chi connectivity index (χ1) is 7.43. The molecule has 1 unspecified atom stereocenters. The summed E-state index contributed by atoms with van der Waals surface area (Å²) in [6.45, 7) is 8.12. The van der Waals surface area contributed by atoms with Gasteiger partial charge in [-0.15, -0.1) is 0 Å². The molecule has 16 heavy (non-hydrogen) atoms. The Morgan fingerprint density at radius 2 is 1.81 bits per heavy atom. The van der Waals surface area contributed by atoms with Crippen LogP contribution in [-0.2, 0) is 0 Å². The van der Waals surface area contributed by atoms with Gasteiger partial charge in [0.1, 0.15) is 0 Å². The summed E-state index contributed by atoms with van der Waals surface area (Å²) in [6, 6.07) is 0.801. The summed E-state index contributed by atoms with van der Waals surface area (Å²) in [5, 5.41) is 13.5. The zero-order chi connectivity index (χ0) is 12.2. The van der Waals surface area contributed by atoms with Gasteiger partial charge in [-0.25, -0.2) is 0 Å². The van der Waals surface area contributed by atoms with Crippen LogP contribution in [-0.4, -0.2) is 22.8 Å². The van der Waals surface area contributed by atoms with Crippen molar-refractivity contribution in [3.05, 3.63) is 0 Å². The fraction of sp³-hybridized carbons (Fsp3) is 1.00. The van der Waals surface area contributed by atoms with E-state index < -0.39 is 5.60 Å². The molecule has 96 valence electrons. The van der Waals surface area contributed by atoms with Crippen LogP contribution in [0.1, 0.15) is 66.2 Å². The van der Waals surface area contributed by atoms with Gasteiger partial charge in [0.05, 0.1) is 5.60 Å². The van der Waals surface area contributed by atoms with Gasteiger partial charge in [0.15, 0.2) is 0 Å². The second kappa shape index (κ2) is 6.02. The predicted molar refractivity (Wildman–Crippen MR) is 69.5 cm³/mol. The fourth-order valence-corrected chi connectivity index (χ4v) is 2.58. The maximum absolute atomic E-state index is 9.89. The molecule has 1 atom stereocenters. The number of nitrogens with one attached hydrogen (secondary N) is 1. The third-order valence-electron chi connectivity index (χ3n) is 4.09. The standard InChI is InChI=1S/C14H29NO/c1-5-6-12-7-9-13(10-8-12)15-11(2)14(3,4)16/h11-13,15-16H,5-10H2,1-4H3. The molecule has 1 saturated carbocycles. The van der Waals surface area contributed by atoms with Gasteiger partial charge in [-0.3, -0.25) is 0 Å². The Kier molecular flexibility index (Phi) is 5.26. The van der Waals surface area contributed by atoms with E-state index in [4.69, 9.17) is 0 Å². The maximum Gasteiger partial charge on any atom is 0.0741 e. The van der Waals surface area contributed by atoms with Crippen LogP contribution in [0.5, 0.6) is 0 Å². The molecule has 1 fully saturated rings. The first kappa shape index (κ1) is 14.0. The van der Waals surface area contributed by atoms with Crippen molar-refractivity contribution in [1.29, 1.82) is 0 Å². The van der Waals surface area contributed by atoms with Gasteiger partial charge in [0.2, 0.25) is 0 Å². The molecule has 0 saturated heterocycles. The van der Waals surface area contributed by atoms with Crippen LogP contribution in [0.3, 0.4) is 0 Å². The van der Waals surface area contributed by atoms with Crippen LogP contribution >= 0.6 is 0 Å². The van der Waals surface area contributed by atoms with E-state index in [1.54, 1.807) is 0 Å². The van der Waals surface area contributed by atoms with Crippen LogP contribution in [0.2, 0.25) is 0 Å². The van der Waals surface area contributed by atoms with E-state index in [0.717, 1.165) is 5.92 Å². The molecule has 1 aliphatic carbocycles. The molecule has 0 aliphatic heterocycles. The molecule has 2 nitrogen and oxygen atoms in total. The Bertz CT molecular complexity index is 189. The first-order valence-corrected chi connectivity index (χ1v) is 6.92. The van der Waals surface area contributed by atoms with Crippen molar-refractivity contribution in [3.8, 4) is 0 Å². The van der Waals surface area contributed by atoms with Gasteiger partial charge >= 0.3 is 0 Å². The largest absolute Gasteiger partial charge is 0.389 e. The Morgan fingerprint density at radius 1 is 1.25 bits per heavy atom. The highest BCUT2D eigenvalue weighted by atomic mass is 16.3. The highest BCUT2D eigenvalue weighted by Gasteiger charge is 2.27. The topological polar surface area (TPSA) is 32.3 Å². The van der Waals surface area contributed by atoms with Crippen LogP contribution in [0.25, 0.3) is 0 Å². The van der Waals surface area contributed by atoms with Gasteiger partial charge in [0.25, 0.3) is 0 Å². The maximum atomic E-state index is 9.89. The van der Waals surface area contributed by atoms with Gasteiger partial charge in [-0.05, 0) is 52.4 Å². The van der Waals surface area contributed by atoms with E-state index in [-0.39, 0.29) is 6.04 Å². The lowest BCUT2D eigenvalue weighted by atomic mass is 9.83. The molecule has 0 aromatic carbocycles. The Balaban J connectivity index is 2.27. The SMILES string of the molecule is CCCC1CCC(NC(C)C(C)(C)O)CC1. The van der Waals surface area contributed by atoms with Crippen molar-refractivity contribution >= 4 is 0 Å². The second-order valence-corrected chi connectivity index (χ2v) is 6.05. The van der Waals surface area contributed by atoms with Crippen molar-refractivity contribution in [2.75, 3.05) is 0 Å². The van der Waals surface area contributed by atoms with Gasteiger partial charge in [0, 0.05) is 12.1 Å². The average Bonchev–Trinajstić information content (AvgIpc) is 2.20. The smallest absolute Gasteiger partial charge is 0.0741 e. The Labute approximate surface area is 101 Å². The highest BCUT2D eigenvalue weighted by molar-refractivity contribution is 4.85. The molecule has 0 bridgehead atoms. The Hall–Kier alpha value is -0.0800. The summed E-state index contributed by atoms with van der Waals surface area (Å²) in [6.07, 6.45) is 8.01. The molecule has 1 rings (SSSR count). The predicted octanol–water partition coefficient (Wildman–Crippen LogP) is 3.09. The molecular weight excluding hydrogens is 198 g/mol. The molecule has 0 spiro atoms. The minimum atomic E-state index is -0.611. The van der Waals surface area contributed by atoms with E-state index in [0.29, 0.717) is 6.04 Å². The van der Waals surface area contributed by atoms with E-state index in [2.05, 4.69) is 19.2 Å². The van der Waals surface area contributed by atoms with Crippen molar-refractivity contribution in [3.63, 3.8) is 0 Å². The molecule has 2 heteroatoms. The van der Waals surface area contributed by atoms with Crippen molar-refractivity contribution in [2.45, 2.75) is 83.9 Å². The van der Waals surface area contributed by atoms with E-state index >= 15 is 0 Å². The molecule has 2 N–H and O–H groups in total. The minimum absolute atomic E-state index is 0.181. The number of rotatable bonds is 5. The molecular formula is C14H29NO. The molecule has 0 amide bonds. The second-order valence-electron chi connectivity index (χ2n) is 6.05. The van der Waals surface area contributed by atoms with E-state index in [9.17, 15) is 5.11 Å². The molecule has 0 heterocycles. The Morgan fingerprint density at radius 3 is 2.25 bits per heavy atom. The first-order valence-electron chi connectivity index (χ1n) is 6.92. The number of hydrogen-bond acceptors (Lipinski definition) is 2. The van der Waals surface area contributed by atoms with Gasteiger partial charge in [-0.2, -0.15) is 0 Å². The van der Waals surface area contributed by atoms with E-state index in [1.807, 2.05) is 13.8 Å². The van der Waals surface area contributed by atoms with Gasteiger partial charge in [-0.1, -0.05) is 19.8 Å². The van der Waals surface area contributed by atoms with Crippen LogP contribution in [0.4, 0.5) is 0 Å². The lowest BCUT2D eigenvalue weighted by Gasteiger charge is -2.35. The average molecular weight is 227 g/mol. The number of hydrogen-bond donors (Lipinski definition) is 2. The monoisotopic (exact) mass is 227 g/mol. The lowest BCUT2D eigenvalue weighted by Crippen LogP contribution is -2.49. The zero-order valence-electron chi connectivity index (χ0n) is 11.4. The summed E-state index contributed by atoms with van der Waals surface area (Å²) in [7, 11) is 0. The zero-order valence-corrected chi connectivity index (χ0v) is 11.4. The third kappa shape index (κ3) is 4.42. The molecule has 1 aliphatic rings. The van der Waals surface area contributed by atoms with E-state index in [1.165, 1.54) is 38.5 Å². The normalized spacial score (nSPS) is 29.1. The van der Waals surface area contributed by atoms with Crippen LogP contribution < -0.4 is 5.32 Å². The molecule has 0 radical (unpaired) electrons. The summed E-state index contributed by atoms with van der Waals surface area (Å²) in [4.78, 5) is 0. The van der Waals surface area contributed by atoms with Gasteiger partial charge < -0.3 is 10.4 Å². The quantitative estimate of drug-likeness (QED) is 0.756. The summed E-state index contributed by atoms with van der Waals surface area (Å²) < 4.78 is 0. The lowest BCUT2D eigenvalue weighted by molar-refractivity contribution is 0.0366. The molecule has 0 aromatic heterocycles. The van der Waals surface area contributed by atoms with Crippen molar-refractivity contribution in [2.24, 2.45) is 5.92 Å². The van der Waals surface area contributed by atoms with Crippen molar-refractivity contribution < 1.29 is 5.11 Å². The van der Waals surface area contributed by atoms with Crippen molar-refractivity contribution in [1.82, 2.24) is 5.32 Å². The van der Waals surface area contributed by atoms with Crippen LogP contribution in [0.15, 0.2) is 0 Å². The minimum Gasteiger partial charge on any atom is -0.389 e. The highest BCUT2D eigenvalue weighted by Crippen LogP contribution is 2.28. The summed E-state index contributed by atoms with van der Waals surface area (Å²) >= 11 is 0.